The van der Waals surface area contributed by atoms with Gasteiger partial charge in [-0.05, 0) is 50.7 Å². The van der Waals surface area contributed by atoms with E-state index in [4.69, 9.17) is 4.74 Å². The third-order valence-electron chi connectivity index (χ3n) is 5.89. The summed E-state index contributed by atoms with van der Waals surface area (Å²) in [5.41, 5.74) is 0.710. The summed E-state index contributed by atoms with van der Waals surface area (Å²) in [6.07, 6.45) is 2.61. The zero-order valence-electron chi connectivity index (χ0n) is 17.7. The molecule has 1 aromatic heterocycles. The fraction of sp³-hybridized carbons (Fsp3) is 0.571. The summed E-state index contributed by atoms with van der Waals surface area (Å²) >= 11 is 1.37. The van der Waals surface area contributed by atoms with E-state index >= 15 is 0 Å². The summed E-state index contributed by atoms with van der Waals surface area (Å²) in [7, 11) is 3.84. The predicted octanol–water partition coefficient (Wildman–Crippen LogP) is 2.01. The number of piperidine rings is 1. The lowest BCUT2D eigenvalue weighted by Crippen LogP contribution is -2.54. The van der Waals surface area contributed by atoms with Crippen LogP contribution in [0.15, 0.2) is 24.3 Å². The maximum absolute atomic E-state index is 12.5. The van der Waals surface area contributed by atoms with Crippen molar-refractivity contribution in [2.24, 2.45) is 0 Å². The Balaban J connectivity index is 1.26. The van der Waals surface area contributed by atoms with E-state index in [2.05, 4.69) is 37.3 Å². The number of aromatic nitrogens is 2. The standard InChI is InChI=1S/C21H30N6O2S/c1-25-9-3-4-17(14-25)27-12-10-26(11-13-27)15-19-23-24-21(30-19)20(28)22-16-5-7-18(29-2)8-6-16/h5-8,17H,3-4,9-15H2,1-2H3,(H,22,28). The number of methoxy groups -OCH3 is 1. The van der Waals surface area contributed by atoms with Gasteiger partial charge in [0, 0.05) is 44.5 Å². The van der Waals surface area contributed by atoms with Gasteiger partial charge in [0.2, 0.25) is 5.01 Å². The molecule has 2 aliphatic rings. The molecule has 2 fully saturated rings. The van der Waals surface area contributed by atoms with Gasteiger partial charge >= 0.3 is 0 Å². The molecule has 1 N–H and O–H groups in total. The van der Waals surface area contributed by atoms with Crippen molar-refractivity contribution >= 4 is 22.9 Å². The van der Waals surface area contributed by atoms with Crippen molar-refractivity contribution in [1.82, 2.24) is 24.9 Å². The molecule has 30 heavy (non-hydrogen) atoms. The number of nitrogens with one attached hydrogen (secondary N) is 1. The van der Waals surface area contributed by atoms with Gasteiger partial charge < -0.3 is 15.0 Å². The predicted molar refractivity (Wildman–Crippen MR) is 118 cm³/mol. The van der Waals surface area contributed by atoms with Crippen LogP contribution in [0.1, 0.15) is 27.7 Å². The Kier molecular flexibility index (Phi) is 6.93. The smallest absolute Gasteiger partial charge is 0.286 e. The van der Waals surface area contributed by atoms with Crippen molar-refractivity contribution in [1.29, 1.82) is 0 Å². The van der Waals surface area contributed by atoms with Gasteiger partial charge in [0.15, 0.2) is 0 Å². The maximum Gasteiger partial charge on any atom is 0.286 e. The monoisotopic (exact) mass is 430 g/mol. The minimum absolute atomic E-state index is 0.227. The van der Waals surface area contributed by atoms with Gasteiger partial charge in [-0.1, -0.05) is 11.3 Å². The summed E-state index contributed by atoms with van der Waals surface area (Å²) in [5.74, 6) is 0.525. The van der Waals surface area contributed by atoms with E-state index in [0.29, 0.717) is 16.7 Å². The van der Waals surface area contributed by atoms with Crippen molar-refractivity contribution in [3.63, 3.8) is 0 Å². The van der Waals surface area contributed by atoms with Gasteiger partial charge in [-0.25, -0.2) is 0 Å². The van der Waals surface area contributed by atoms with Crippen molar-refractivity contribution in [3.05, 3.63) is 34.3 Å². The number of benzene rings is 1. The van der Waals surface area contributed by atoms with E-state index in [0.717, 1.165) is 43.5 Å². The van der Waals surface area contributed by atoms with Gasteiger partial charge in [0.25, 0.3) is 5.91 Å². The Labute approximate surface area is 181 Å². The van der Waals surface area contributed by atoms with E-state index in [1.54, 1.807) is 7.11 Å². The number of piperazine rings is 1. The molecule has 1 amide bonds. The number of amides is 1. The molecule has 2 aromatic rings. The van der Waals surface area contributed by atoms with Crippen molar-refractivity contribution in [2.45, 2.75) is 25.4 Å². The third-order valence-corrected chi connectivity index (χ3v) is 6.80. The Hall–Kier alpha value is -2.07. The van der Waals surface area contributed by atoms with Gasteiger partial charge in [0.05, 0.1) is 13.7 Å². The molecule has 8 nitrogen and oxygen atoms in total. The average Bonchev–Trinajstić information content (AvgIpc) is 3.23. The lowest BCUT2D eigenvalue weighted by molar-refractivity contribution is 0.0567. The van der Waals surface area contributed by atoms with Crippen molar-refractivity contribution in [2.75, 3.05) is 58.7 Å². The normalized spacial score (nSPS) is 21.5. The number of carbonyl (C=O) groups excluding carboxylic acids is 1. The minimum atomic E-state index is -0.227. The number of likely N-dealkylation sites (N-methyl/N-ethyl adjacent to an activating group) is 1. The molecular weight excluding hydrogens is 400 g/mol. The lowest BCUT2D eigenvalue weighted by Gasteiger charge is -2.42. The Morgan fingerprint density at radius 1 is 1.17 bits per heavy atom. The first-order valence-electron chi connectivity index (χ1n) is 10.5. The van der Waals surface area contributed by atoms with Crippen LogP contribution < -0.4 is 10.1 Å². The molecular formula is C21H30N6O2S. The molecule has 2 aliphatic heterocycles. The molecule has 4 rings (SSSR count). The topological polar surface area (TPSA) is 73.8 Å². The second-order valence-electron chi connectivity index (χ2n) is 8.05. The number of hydrogen-bond acceptors (Lipinski definition) is 8. The summed E-state index contributed by atoms with van der Waals surface area (Å²) in [6, 6.07) is 7.93. The van der Waals surface area contributed by atoms with Crippen molar-refractivity contribution < 1.29 is 9.53 Å². The highest BCUT2D eigenvalue weighted by Gasteiger charge is 2.27. The molecule has 3 heterocycles. The fourth-order valence-corrected chi connectivity index (χ4v) is 4.96. The zero-order valence-corrected chi connectivity index (χ0v) is 18.5. The van der Waals surface area contributed by atoms with Crippen LogP contribution in [0.5, 0.6) is 5.75 Å². The minimum Gasteiger partial charge on any atom is -0.497 e. The van der Waals surface area contributed by atoms with E-state index in [1.165, 1.54) is 37.3 Å². The molecule has 1 atom stereocenters. The number of carbonyl (C=O) groups is 1. The Morgan fingerprint density at radius 2 is 1.93 bits per heavy atom. The van der Waals surface area contributed by atoms with Crippen LogP contribution in [0, 0.1) is 0 Å². The van der Waals surface area contributed by atoms with Gasteiger partial charge in [0.1, 0.15) is 10.8 Å². The van der Waals surface area contributed by atoms with E-state index in [1.807, 2.05) is 24.3 Å². The number of rotatable bonds is 6. The fourth-order valence-electron chi connectivity index (χ4n) is 4.18. The van der Waals surface area contributed by atoms with Crippen LogP contribution in [0.25, 0.3) is 0 Å². The first-order valence-corrected chi connectivity index (χ1v) is 11.3. The van der Waals surface area contributed by atoms with Gasteiger partial charge in [-0.2, -0.15) is 0 Å². The molecule has 0 radical (unpaired) electrons. The molecule has 1 unspecified atom stereocenters. The largest absolute Gasteiger partial charge is 0.497 e. The van der Waals surface area contributed by atoms with Crippen LogP contribution in [0.3, 0.4) is 0 Å². The Morgan fingerprint density at radius 3 is 2.63 bits per heavy atom. The maximum atomic E-state index is 12.5. The molecule has 0 bridgehead atoms. The zero-order chi connectivity index (χ0) is 20.9. The van der Waals surface area contributed by atoms with Crippen LogP contribution in [0.2, 0.25) is 0 Å². The van der Waals surface area contributed by atoms with Crippen LogP contribution in [-0.4, -0.2) is 90.3 Å². The highest BCUT2D eigenvalue weighted by molar-refractivity contribution is 7.13. The molecule has 9 heteroatoms. The number of anilines is 1. The van der Waals surface area contributed by atoms with Gasteiger partial charge in [-0.3, -0.25) is 14.6 Å². The molecule has 0 spiro atoms. The number of nitrogens with zero attached hydrogens (tertiary/aromatic N) is 5. The second-order valence-corrected chi connectivity index (χ2v) is 9.12. The van der Waals surface area contributed by atoms with Crippen molar-refractivity contribution in [3.8, 4) is 5.75 Å². The highest BCUT2D eigenvalue weighted by atomic mass is 32.1. The first-order chi connectivity index (χ1) is 14.6. The van der Waals surface area contributed by atoms with Crippen LogP contribution >= 0.6 is 11.3 Å². The second kappa shape index (κ2) is 9.82. The van der Waals surface area contributed by atoms with Crippen LogP contribution in [0.4, 0.5) is 5.69 Å². The number of ether oxygens (including phenoxy) is 1. The number of hydrogen-bond donors (Lipinski definition) is 1. The summed E-state index contributed by atoms with van der Waals surface area (Å²) in [5, 5.41) is 12.5. The van der Waals surface area contributed by atoms with E-state index < -0.39 is 0 Å². The van der Waals surface area contributed by atoms with Gasteiger partial charge in [-0.15, -0.1) is 10.2 Å². The highest BCUT2D eigenvalue weighted by Crippen LogP contribution is 2.20. The summed E-state index contributed by atoms with van der Waals surface area (Å²) < 4.78 is 5.14. The molecule has 2 saturated heterocycles. The average molecular weight is 431 g/mol. The SMILES string of the molecule is COc1ccc(NC(=O)c2nnc(CN3CCN(C4CCCN(C)C4)CC3)s2)cc1. The quantitative estimate of drug-likeness (QED) is 0.751. The number of likely N-dealkylation sites (tertiary alicyclic amines) is 1. The van der Waals surface area contributed by atoms with E-state index in [-0.39, 0.29) is 5.91 Å². The lowest BCUT2D eigenvalue weighted by atomic mass is 10.0. The summed E-state index contributed by atoms with van der Waals surface area (Å²) in [4.78, 5) is 20.0. The Bertz CT molecular complexity index is 834. The molecule has 0 saturated carbocycles. The first kappa shape index (κ1) is 21.2. The summed E-state index contributed by atoms with van der Waals surface area (Å²) in [6.45, 7) is 7.43. The molecule has 162 valence electrons. The molecule has 1 aromatic carbocycles. The third kappa shape index (κ3) is 5.34. The molecule has 0 aliphatic carbocycles. The van der Waals surface area contributed by atoms with E-state index in [9.17, 15) is 4.79 Å². The van der Waals surface area contributed by atoms with Crippen LogP contribution in [-0.2, 0) is 6.54 Å².